The number of rotatable bonds is 5. The number of hydrogen-bond acceptors (Lipinski definition) is 7. The number of nitrogens with one attached hydrogen (secondary N) is 3. The minimum atomic E-state index is -0.617. The van der Waals surface area contributed by atoms with Crippen LogP contribution in [-0.2, 0) is 4.79 Å². The lowest BCUT2D eigenvalue weighted by Gasteiger charge is -2.10. The summed E-state index contributed by atoms with van der Waals surface area (Å²) in [4.78, 5) is 42.5. The summed E-state index contributed by atoms with van der Waals surface area (Å²) in [5.41, 5.74) is -0.769. The van der Waals surface area contributed by atoms with Crippen LogP contribution in [0.1, 0.15) is 16.6 Å². The molecule has 0 aromatic carbocycles. The molecule has 0 aliphatic rings. The zero-order chi connectivity index (χ0) is 16.8. The van der Waals surface area contributed by atoms with Gasteiger partial charge in [0.2, 0.25) is 5.91 Å². The van der Waals surface area contributed by atoms with Crippen LogP contribution in [0, 0.1) is 11.3 Å². The molecule has 3 N–H and O–H groups in total. The number of thiophene rings is 1. The van der Waals surface area contributed by atoms with Gasteiger partial charge < -0.3 is 10.6 Å². The Morgan fingerprint density at radius 3 is 2.87 bits per heavy atom. The summed E-state index contributed by atoms with van der Waals surface area (Å²) in [6.07, 6.45) is 0. The zero-order valence-corrected chi connectivity index (χ0v) is 13.5. The second-order valence-electron chi connectivity index (χ2n) is 4.15. The molecule has 8 nitrogen and oxygen atoms in total. The summed E-state index contributed by atoms with van der Waals surface area (Å²) in [6, 6.07) is 5.22. The predicted molar refractivity (Wildman–Crippen MR) is 87.8 cm³/mol. The maximum absolute atomic E-state index is 12.2. The Morgan fingerprint density at radius 1 is 1.48 bits per heavy atom. The Hall–Kier alpha value is -2.64. The highest BCUT2D eigenvalue weighted by Gasteiger charge is 2.17. The molecule has 0 radical (unpaired) electrons. The first kappa shape index (κ1) is 16.7. The van der Waals surface area contributed by atoms with Gasteiger partial charge in [0.15, 0.2) is 16.7 Å². The Balaban J connectivity index is 2.36. The van der Waals surface area contributed by atoms with E-state index in [1.807, 2.05) is 6.07 Å². The van der Waals surface area contributed by atoms with Gasteiger partial charge in [-0.1, -0.05) is 17.8 Å². The van der Waals surface area contributed by atoms with Crippen LogP contribution in [-0.4, -0.2) is 27.5 Å². The molecule has 2 aromatic heterocycles. The molecule has 2 amide bonds. The van der Waals surface area contributed by atoms with E-state index in [0.717, 1.165) is 11.8 Å². The summed E-state index contributed by atoms with van der Waals surface area (Å²) in [7, 11) is 0. The summed E-state index contributed by atoms with van der Waals surface area (Å²) < 4.78 is 0. The first-order valence-corrected chi connectivity index (χ1v) is 8.14. The third-order valence-electron chi connectivity index (χ3n) is 2.45. The van der Waals surface area contributed by atoms with Crippen LogP contribution < -0.4 is 16.2 Å². The van der Waals surface area contributed by atoms with Crippen molar-refractivity contribution in [3.8, 4) is 6.07 Å². The normalized spacial score (nSPS) is 9.91. The van der Waals surface area contributed by atoms with Crippen LogP contribution in [0.2, 0.25) is 0 Å². The van der Waals surface area contributed by atoms with Gasteiger partial charge in [-0.2, -0.15) is 5.26 Å². The van der Waals surface area contributed by atoms with Crippen LogP contribution in [0.4, 0.5) is 11.5 Å². The molecule has 23 heavy (non-hydrogen) atoms. The van der Waals surface area contributed by atoms with Crippen LogP contribution in [0.15, 0.2) is 27.5 Å². The predicted octanol–water partition coefficient (Wildman–Crippen LogP) is 1.66. The van der Waals surface area contributed by atoms with Gasteiger partial charge in [0.1, 0.15) is 0 Å². The van der Waals surface area contributed by atoms with E-state index in [0.29, 0.717) is 4.88 Å². The topological polar surface area (TPSA) is 128 Å². The second-order valence-corrected chi connectivity index (χ2v) is 6.07. The molecule has 2 heterocycles. The van der Waals surface area contributed by atoms with E-state index in [1.54, 1.807) is 17.5 Å². The van der Waals surface area contributed by atoms with E-state index in [9.17, 15) is 14.4 Å². The quantitative estimate of drug-likeness (QED) is 0.556. The molecule has 0 aliphatic carbocycles. The summed E-state index contributed by atoms with van der Waals surface area (Å²) >= 11 is 2.23. The fourth-order valence-electron chi connectivity index (χ4n) is 1.58. The SMILES string of the molecule is CC(=O)Nc1nc(SCC#N)[nH]c(=O)c1NC(=O)c1cccs1. The van der Waals surface area contributed by atoms with Crippen molar-refractivity contribution in [2.75, 3.05) is 16.4 Å². The largest absolute Gasteiger partial charge is 0.314 e. The fraction of sp³-hybridized carbons (Fsp3) is 0.154. The van der Waals surface area contributed by atoms with Crippen LogP contribution in [0.5, 0.6) is 0 Å². The third-order valence-corrected chi connectivity index (χ3v) is 4.06. The van der Waals surface area contributed by atoms with Gasteiger partial charge in [0.25, 0.3) is 11.5 Å². The Kier molecular flexibility index (Phi) is 5.51. The van der Waals surface area contributed by atoms with Crippen LogP contribution in [0.3, 0.4) is 0 Å². The lowest BCUT2D eigenvalue weighted by atomic mass is 10.4. The molecule has 2 aromatic rings. The number of nitrogens with zero attached hydrogens (tertiary/aromatic N) is 2. The molecule has 0 unspecified atom stereocenters. The average Bonchev–Trinajstić information content (AvgIpc) is 3.02. The molecular formula is C13H11N5O3S2. The number of aromatic amines is 1. The maximum atomic E-state index is 12.2. The molecule has 0 saturated carbocycles. The van der Waals surface area contributed by atoms with Crippen LogP contribution in [0.25, 0.3) is 0 Å². The van der Waals surface area contributed by atoms with Crippen molar-refractivity contribution < 1.29 is 9.59 Å². The minimum absolute atomic E-state index is 0.0633. The van der Waals surface area contributed by atoms with E-state index < -0.39 is 17.4 Å². The van der Waals surface area contributed by atoms with Gasteiger partial charge in [-0.15, -0.1) is 11.3 Å². The first-order valence-electron chi connectivity index (χ1n) is 6.27. The fourth-order valence-corrected chi connectivity index (χ4v) is 2.72. The van der Waals surface area contributed by atoms with E-state index in [-0.39, 0.29) is 22.4 Å². The molecule has 2 rings (SSSR count). The zero-order valence-electron chi connectivity index (χ0n) is 11.9. The molecular weight excluding hydrogens is 338 g/mol. The highest BCUT2D eigenvalue weighted by atomic mass is 32.2. The molecule has 0 bridgehead atoms. The van der Waals surface area contributed by atoms with Crippen molar-refractivity contribution in [2.24, 2.45) is 0 Å². The van der Waals surface area contributed by atoms with Gasteiger partial charge in [0, 0.05) is 6.92 Å². The maximum Gasteiger partial charge on any atom is 0.277 e. The number of carbonyl (C=O) groups is 2. The van der Waals surface area contributed by atoms with Crippen molar-refractivity contribution in [1.29, 1.82) is 5.26 Å². The van der Waals surface area contributed by atoms with Gasteiger partial charge in [-0.25, -0.2) is 4.98 Å². The van der Waals surface area contributed by atoms with Gasteiger partial charge in [0.05, 0.1) is 16.7 Å². The number of amides is 2. The third kappa shape index (κ3) is 4.41. The summed E-state index contributed by atoms with van der Waals surface area (Å²) in [5, 5.41) is 15.3. The van der Waals surface area contributed by atoms with Crippen LogP contribution >= 0.6 is 23.1 Å². The van der Waals surface area contributed by atoms with Crippen molar-refractivity contribution in [3.63, 3.8) is 0 Å². The number of H-pyrrole nitrogens is 1. The molecule has 0 aliphatic heterocycles. The van der Waals surface area contributed by atoms with Crippen molar-refractivity contribution in [1.82, 2.24) is 9.97 Å². The second kappa shape index (κ2) is 7.57. The highest BCUT2D eigenvalue weighted by molar-refractivity contribution is 7.99. The first-order chi connectivity index (χ1) is 11.0. The molecule has 0 fully saturated rings. The van der Waals surface area contributed by atoms with E-state index in [1.165, 1.54) is 18.3 Å². The number of thioether (sulfide) groups is 1. The lowest BCUT2D eigenvalue weighted by molar-refractivity contribution is -0.114. The number of hydrogen-bond donors (Lipinski definition) is 3. The summed E-state index contributed by atoms with van der Waals surface area (Å²) in [6.45, 7) is 1.26. The summed E-state index contributed by atoms with van der Waals surface area (Å²) in [5.74, 6) is -0.891. The van der Waals surface area contributed by atoms with Gasteiger partial charge in [-0.3, -0.25) is 19.4 Å². The standard InChI is InChI=1S/C13H11N5O3S2/c1-7(19)15-10-9(16-11(20)8-3-2-5-22-8)12(21)18-13(17-10)23-6-4-14/h2-3,5H,6H2,1H3,(H,16,20)(H2,15,17,18,19,21). The van der Waals surface area contributed by atoms with E-state index >= 15 is 0 Å². The minimum Gasteiger partial charge on any atom is -0.314 e. The number of nitriles is 1. The Bertz CT molecular complexity index is 823. The van der Waals surface area contributed by atoms with E-state index in [4.69, 9.17) is 5.26 Å². The molecule has 0 spiro atoms. The van der Waals surface area contributed by atoms with Crippen molar-refractivity contribution >= 4 is 46.4 Å². The Morgan fingerprint density at radius 2 is 2.26 bits per heavy atom. The molecule has 118 valence electrons. The number of anilines is 2. The van der Waals surface area contributed by atoms with Crippen molar-refractivity contribution in [2.45, 2.75) is 12.1 Å². The monoisotopic (exact) mass is 349 g/mol. The smallest absolute Gasteiger partial charge is 0.277 e. The van der Waals surface area contributed by atoms with Gasteiger partial charge >= 0.3 is 0 Å². The molecule has 0 atom stereocenters. The average molecular weight is 349 g/mol. The highest BCUT2D eigenvalue weighted by Crippen LogP contribution is 2.20. The Labute approximate surface area is 138 Å². The van der Waals surface area contributed by atoms with Crippen molar-refractivity contribution in [3.05, 3.63) is 32.7 Å². The number of carbonyl (C=O) groups excluding carboxylic acids is 2. The number of aromatic nitrogens is 2. The molecule has 0 saturated heterocycles. The molecule has 10 heteroatoms. The van der Waals surface area contributed by atoms with Gasteiger partial charge in [-0.05, 0) is 11.4 Å². The lowest BCUT2D eigenvalue weighted by Crippen LogP contribution is -2.24. The van der Waals surface area contributed by atoms with E-state index in [2.05, 4.69) is 20.6 Å².